The zero-order valence-electron chi connectivity index (χ0n) is 22.3. The second-order valence-corrected chi connectivity index (χ2v) is 10.5. The molecule has 2 aromatic carbocycles. The molecular weight excluding hydrogens is 492 g/mol. The molecule has 202 valence electrons. The van der Waals surface area contributed by atoms with Crippen molar-refractivity contribution in [2.45, 2.75) is 64.8 Å². The lowest BCUT2D eigenvalue weighted by molar-refractivity contribution is -0.154. The number of tetrazole rings is 1. The molecule has 1 aliphatic rings. The van der Waals surface area contributed by atoms with Crippen molar-refractivity contribution >= 4 is 22.8 Å². The van der Waals surface area contributed by atoms with Gasteiger partial charge in [-0.05, 0) is 53.5 Å². The maximum Gasteiger partial charge on any atom is 0.311 e. The van der Waals surface area contributed by atoms with E-state index in [0.717, 1.165) is 65.4 Å². The van der Waals surface area contributed by atoms with Crippen LogP contribution in [-0.2, 0) is 16.1 Å². The SMILES string of the molecule is CCCCC(=O)N(Cc1ccc2nc(-c3ccccc3-c3nnn[nH]3)ccc2c1)CC1(C(=O)O)CCCCC1. The van der Waals surface area contributed by atoms with E-state index in [0.29, 0.717) is 31.6 Å². The lowest BCUT2D eigenvalue weighted by atomic mass is 9.73. The van der Waals surface area contributed by atoms with Gasteiger partial charge < -0.3 is 10.0 Å². The van der Waals surface area contributed by atoms with E-state index in [1.807, 2.05) is 54.6 Å². The van der Waals surface area contributed by atoms with Gasteiger partial charge in [0.15, 0.2) is 5.82 Å². The summed E-state index contributed by atoms with van der Waals surface area (Å²) >= 11 is 0. The smallest absolute Gasteiger partial charge is 0.311 e. The molecule has 1 aliphatic carbocycles. The third-order valence-electron chi connectivity index (χ3n) is 7.79. The molecule has 0 atom stereocenters. The number of pyridine rings is 1. The van der Waals surface area contributed by atoms with Gasteiger partial charge >= 0.3 is 5.97 Å². The summed E-state index contributed by atoms with van der Waals surface area (Å²) in [7, 11) is 0. The van der Waals surface area contributed by atoms with Crippen LogP contribution in [0.2, 0.25) is 0 Å². The number of hydrogen-bond acceptors (Lipinski definition) is 6. The molecule has 1 amide bonds. The Hall–Kier alpha value is -4.14. The van der Waals surface area contributed by atoms with E-state index >= 15 is 0 Å². The minimum absolute atomic E-state index is 0.0233. The molecule has 1 saturated carbocycles. The number of nitrogens with zero attached hydrogens (tertiary/aromatic N) is 5. The fourth-order valence-electron chi connectivity index (χ4n) is 5.58. The quantitative estimate of drug-likeness (QED) is 0.274. The largest absolute Gasteiger partial charge is 0.481 e. The van der Waals surface area contributed by atoms with E-state index in [1.165, 1.54) is 0 Å². The van der Waals surface area contributed by atoms with Crippen LogP contribution in [0.1, 0.15) is 63.9 Å². The Kier molecular flexibility index (Phi) is 7.95. The number of aromatic amines is 1. The average Bonchev–Trinajstić information content (AvgIpc) is 3.51. The van der Waals surface area contributed by atoms with E-state index in [4.69, 9.17) is 4.98 Å². The molecule has 0 unspecified atom stereocenters. The van der Waals surface area contributed by atoms with Gasteiger partial charge in [-0.15, -0.1) is 5.10 Å². The molecule has 0 spiro atoms. The standard InChI is InChI=1S/C30H34N6O3/c1-2-3-11-27(37)36(20-30(29(38)39)16-7-4-8-17-30)19-21-12-14-25-22(18-21)13-15-26(31-25)23-9-5-6-10-24(23)28-32-34-35-33-28/h5-6,9-10,12-15,18H,2-4,7-8,11,16-17,19-20H2,1H3,(H,38,39)(H,32,33,34,35). The van der Waals surface area contributed by atoms with E-state index in [9.17, 15) is 14.7 Å². The number of hydrogen-bond donors (Lipinski definition) is 2. The highest BCUT2D eigenvalue weighted by Gasteiger charge is 2.42. The van der Waals surface area contributed by atoms with Crippen molar-refractivity contribution in [3.05, 3.63) is 60.2 Å². The van der Waals surface area contributed by atoms with Gasteiger partial charge in [-0.2, -0.15) is 0 Å². The predicted octanol–water partition coefficient (Wildman–Crippen LogP) is 5.64. The highest BCUT2D eigenvalue weighted by molar-refractivity contribution is 5.86. The number of carboxylic acid groups (broad SMARTS) is 1. The number of amides is 1. The average molecular weight is 527 g/mol. The molecule has 39 heavy (non-hydrogen) atoms. The Morgan fingerprint density at radius 3 is 2.54 bits per heavy atom. The first-order valence-electron chi connectivity index (χ1n) is 13.7. The number of carbonyl (C=O) groups excluding carboxylic acids is 1. The molecule has 0 saturated heterocycles. The summed E-state index contributed by atoms with van der Waals surface area (Å²) in [5.41, 5.74) is 3.52. The molecule has 1 fully saturated rings. The summed E-state index contributed by atoms with van der Waals surface area (Å²) in [5.74, 6) is -0.185. The van der Waals surface area contributed by atoms with Gasteiger partial charge in [-0.1, -0.05) is 69.0 Å². The lowest BCUT2D eigenvalue weighted by Crippen LogP contribution is -2.46. The van der Waals surface area contributed by atoms with Crippen molar-refractivity contribution in [1.82, 2.24) is 30.5 Å². The van der Waals surface area contributed by atoms with Gasteiger partial charge in [0.2, 0.25) is 5.91 Å². The Morgan fingerprint density at radius 2 is 1.82 bits per heavy atom. The summed E-state index contributed by atoms with van der Waals surface area (Å²) in [6, 6.07) is 17.8. The monoisotopic (exact) mass is 526 g/mol. The number of H-pyrrole nitrogens is 1. The third-order valence-corrected chi connectivity index (χ3v) is 7.79. The fourth-order valence-corrected chi connectivity index (χ4v) is 5.58. The summed E-state index contributed by atoms with van der Waals surface area (Å²) in [6.45, 7) is 2.70. The molecule has 9 nitrogen and oxygen atoms in total. The molecular formula is C30H34N6O3. The van der Waals surface area contributed by atoms with Crippen LogP contribution in [0.15, 0.2) is 54.6 Å². The summed E-state index contributed by atoms with van der Waals surface area (Å²) in [6.07, 6.45) is 6.23. The summed E-state index contributed by atoms with van der Waals surface area (Å²) in [4.78, 5) is 32.3. The molecule has 5 rings (SSSR count). The van der Waals surface area contributed by atoms with Crippen molar-refractivity contribution in [3.8, 4) is 22.6 Å². The number of aromatic nitrogens is 5. The zero-order valence-corrected chi connectivity index (χ0v) is 22.3. The Morgan fingerprint density at radius 1 is 1.03 bits per heavy atom. The first-order valence-corrected chi connectivity index (χ1v) is 13.7. The number of nitrogens with one attached hydrogen (secondary N) is 1. The molecule has 0 radical (unpaired) electrons. The summed E-state index contributed by atoms with van der Waals surface area (Å²) in [5, 5.41) is 25.4. The normalized spacial score (nSPS) is 14.8. The molecule has 2 aromatic heterocycles. The Bertz CT molecular complexity index is 1450. The van der Waals surface area contributed by atoms with Crippen molar-refractivity contribution in [3.63, 3.8) is 0 Å². The van der Waals surface area contributed by atoms with Crippen LogP contribution in [0.3, 0.4) is 0 Å². The molecule has 2 heterocycles. The van der Waals surface area contributed by atoms with Crippen LogP contribution in [0.4, 0.5) is 0 Å². The minimum atomic E-state index is -0.861. The van der Waals surface area contributed by atoms with Crippen LogP contribution in [0.25, 0.3) is 33.5 Å². The minimum Gasteiger partial charge on any atom is -0.481 e. The van der Waals surface area contributed by atoms with Crippen LogP contribution < -0.4 is 0 Å². The molecule has 0 bridgehead atoms. The predicted molar refractivity (Wildman–Crippen MR) is 148 cm³/mol. The molecule has 0 aliphatic heterocycles. The highest BCUT2D eigenvalue weighted by atomic mass is 16.4. The van der Waals surface area contributed by atoms with Gasteiger partial charge in [0.1, 0.15) is 0 Å². The Balaban J connectivity index is 1.42. The topological polar surface area (TPSA) is 125 Å². The van der Waals surface area contributed by atoms with Crippen LogP contribution >= 0.6 is 0 Å². The Labute approximate surface area is 227 Å². The van der Waals surface area contributed by atoms with Crippen molar-refractivity contribution in [2.75, 3.05) is 6.54 Å². The van der Waals surface area contributed by atoms with E-state index in [1.54, 1.807) is 4.90 Å². The zero-order chi connectivity index (χ0) is 27.2. The number of carbonyl (C=O) groups is 2. The van der Waals surface area contributed by atoms with Crippen LogP contribution in [-0.4, -0.2) is 54.0 Å². The van der Waals surface area contributed by atoms with Gasteiger partial charge in [-0.3, -0.25) is 9.59 Å². The first-order chi connectivity index (χ1) is 19.0. The first kappa shape index (κ1) is 26.5. The third kappa shape index (κ3) is 5.82. The number of unbranched alkanes of at least 4 members (excludes halogenated alkanes) is 1. The van der Waals surface area contributed by atoms with Crippen LogP contribution in [0, 0.1) is 5.41 Å². The number of benzene rings is 2. The molecule has 2 N–H and O–H groups in total. The molecule has 9 heteroatoms. The second kappa shape index (κ2) is 11.7. The maximum atomic E-state index is 13.2. The van der Waals surface area contributed by atoms with Gasteiger partial charge in [-0.25, -0.2) is 10.1 Å². The highest BCUT2D eigenvalue weighted by Crippen LogP contribution is 2.38. The van der Waals surface area contributed by atoms with Crippen molar-refractivity contribution < 1.29 is 14.7 Å². The van der Waals surface area contributed by atoms with E-state index in [2.05, 4.69) is 27.5 Å². The lowest BCUT2D eigenvalue weighted by Gasteiger charge is -2.38. The van der Waals surface area contributed by atoms with Crippen molar-refractivity contribution in [1.29, 1.82) is 0 Å². The second-order valence-electron chi connectivity index (χ2n) is 10.5. The van der Waals surface area contributed by atoms with Gasteiger partial charge in [0, 0.05) is 36.0 Å². The number of carboxylic acids is 1. The van der Waals surface area contributed by atoms with E-state index in [-0.39, 0.29) is 12.5 Å². The van der Waals surface area contributed by atoms with Gasteiger partial charge in [0.05, 0.1) is 16.6 Å². The number of rotatable bonds is 10. The van der Waals surface area contributed by atoms with Crippen LogP contribution in [0.5, 0.6) is 0 Å². The summed E-state index contributed by atoms with van der Waals surface area (Å²) < 4.78 is 0. The number of aliphatic carboxylic acids is 1. The maximum absolute atomic E-state index is 13.2. The van der Waals surface area contributed by atoms with Gasteiger partial charge in [0.25, 0.3) is 0 Å². The fraction of sp³-hybridized carbons (Fsp3) is 0.400. The number of fused-ring (bicyclic) bond motifs is 1. The van der Waals surface area contributed by atoms with Crippen molar-refractivity contribution in [2.24, 2.45) is 5.41 Å². The molecule has 4 aromatic rings. The van der Waals surface area contributed by atoms with E-state index < -0.39 is 11.4 Å².